The first-order valence-corrected chi connectivity index (χ1v) is 9.74. The molecule has 0 atom stereocenters. The van der Waals surface area contributed by atoms with Gasteiger partial charge in [0.1, 0.15) is 10.6 Å². The average molecular weight is 393 g/mol. The highest BCUT2D eigenvalue weighted by Crippen LogP contribution is 2.16. The van der Waals surface area contributed by atoms with Crippen molar-refractivity contribution in [1.29, 1.82) is 0 Å². The number of ether oxygens (including phenoxy) is 1. The lowest BCUT2D eigenvalue weighted by Gasteiger charge is -2.09. The maximum Gasteiger partial charge on any atom is 0.354 e. The van der Waals surface area contributed by atoms with Crippen molar-refractivity contribution in [2.75, 3.05) is 19.0 Å². The zero-order valence-electron chi connectivity index (χ0n) is 15.7. The van der Waals surface area contributed by atoms with Crippen molar-refractivity contribution in [1.82, 2.24) is 9.29 Å². The number of anilines is 1. The Bertz CT molecular complexity index is 963. The van der Waals surface area contributed by atoms with Crippen LogP contribution in [0, 0.1) is 13.8 Å². The molecule has 9 heteroatoms. The van der Waals surface area contributed by atoms with Gasteiger partial charge in [0, 0.05) is 31.9 Å². The van der Waals surface area contributed by atoms with Gasteiger partial charge in [-0.15, -0.1) is 0 Å². The Hall–Kier alpha value is -2.65. The molecule has 1 aromatic heterocycles. The molecular formula is C18H23N3O5S. The van der Waals surface area contributed by atoms with Crippen molar-refractivity contribution in [3.63, 3.8) is 0 Å². The number of aryl methyl sites for hydroxylation is 3. The molecule has 146 valence electrons. The lowest BCUT2D eigenvalue weighted by Crippen LogP contribution is -2.27. The molecule has 27 heavy (non-hydrogen) atoms. The third-order valence-corrected chi connectivity index (χ3v) is 5.41. The normalized spacial score (nSPS) is 11.3. The zero-order valence-corrected chi connectivity index (χ0v) is 16.5. The van der Waals surface area contributed by atoms with Gasteiger partial charge in [-0.2, -0.15) is 0 Å². The summed E-state index contributed by atoms with van der Waals surface area (Å²) in [5.74, 6) is -0.931. The summed E-state index contributed by atoms with van der Waals surface area (Å²) in [4.78, 5) is 23.6. The molecule has 0 spiro atoms. The third-order valence-electron chi connectivity index (χ3n) is 3.98. The number of carbonyl (C=O) groups is 2. The monoisotopic (exact) mass is 393 g/mol. The van der Waals surface area contributed by atoms with E-state index in [2.05, 4.69) is 14.8 Å². The Labute approximate surface area is 158 Å². The number of hydrogen-bond donors (Lipinski definition) is 2. The summed E-state index contributed by atoms with van der Waals surface area (Å²) in [5.41, 5.74) is 2.83. The number of rotatable bonds is 7. The summed E-state index contributed by atoms with van der Waals surface area (Å²) in [7, 11) is -1.08. The Balaban J connectivity index is 1.95. The van der Waals surface area contributed by atoms with E-state index in [-0.39, 0.29) is 29.5 Å². The second-order valence-corrected chi connectivity index (χ2v) is 7.94. The highest BCUT2D eigenvalue weighted by Gasteiger charge is 2.21. The number of nitrogens with zero attached hydrogens (tertiary/aromatic N) is 1. The largest absolute Gasteiger partial charge is 0.464 e. The van der Waals surface area contributed by atoms with Gasteiger partial charge in [-0.1, -0.05) is 17.7 Å². The number of hydrogen-bond acceptors (Lipinski definition) is 5. The molecule has 0 saturated carbocycles. The Kier molecular flexibility index (Phi) is 6.40. The summed E-state index contributed by atoms with van der Waals surface area (Å²) in [6.07, 6.45) is 1.29. The van der Waals surface area contributed by atoms with E-state index in [9.17, 15) is 18.0 Å². The Morgan fingerprint density at radius 1 is 1.19 bits per heavy atom. The minimum atomic E-state index is -3.84. The molecule has 0 saturated heterocycles. The van der Waals surface area contributed by atoms with Crippen LogP contribution >= 0.6 is 0 Å². The van der Waals surface area contributed by atoms with Crippen LogP contribution in [0.1, 0.15) is 28.0 Å². The van der Waals surface area contributed by atoms with E-state index in [1.807, 2.05) is 32.0 Å². The minimum absolute atomic E-state index is 0.0246. The number of nitrogens with one attached hydrogen (secondary N) is 2. The van der Waals surface area contributed by atoms with Gasteiger partial charge in [-0.25, -0.2) is 17.9 Å². The van der Waals surface area contributed by atoms with E-state index in [4.69, 9.17) is 0 Å². The molecule has 2 rings (SSSR count). The molecule has 0 aliphatic rings. The zero-order chi connectivity index (χ0) is 20.2. The molecule has 1 amide bonds. The third kappa shape index (κ3) is 5.18. The van der Waals surface area contributed by atoms with Crippen molar-refractivity contribution >= 4 is 27.6 Å². The first-order valence-electron chi connectivity index (χ1n) is 8.25. The second-order valence-electron chi connectivity index (χ2n) is 6.18. The molecule has 8 nitrogen and oxygen atoms in total. The van der Waals surface area contributed by atoms with Crippen molar-refractivity contribution in [3.05, 3.63) is 47.3 Å². The van der Waals surface area contributed by atoms with Crippen LogP contribution in [0.2, 0.25) is 0 Å². The number of amides is 1. The van der Waals surface area contributed by atoms with Crippen LogP contribution < -0.4 is 10.0 Å². The molecule has 2 N–H and O–H groups in total. The van der Waals surface area contributed by atoms with Gasteiger partial charge < -0.3 is 14.6 Å². The number of aromatic nitrogens is 1. The fourth-order valence-electron chi connectivity index (χ4n) is 2.54. The molecule has 0 unspecified atom stereocenters. The Morgan fingerprint density at radius 3 is 2.52 bits per heavy atom. The molecule has 0 fully saturated rings. The number of methoxy groups -OCH3 is 1. The van der Waals surface area contributed by atoms with Gasteiger partial charge in [0.2, 0.25) is 15.9 Å². The highest BCUT2D eigenvalue weighted by atomic mass is 32.2. The molecule has 2 aromatic rings. The maximum atomic E-state index is 12.3. The molecule has 0 bridgehead atoms. The van der Waals surface area contributed by atoms with Crippen LogP contribution in [-0.2, 0) is 26.6 Å². The van der Waals surface area contributed by atoms with Crippen LogP contribution in [-0.4, -0.2) is 38.5 Å². The molecule has 0 aliphatic heterocycles. The molecule has 1 aromatic carbocycles. The Morgan fingerprint density at radius 2 is 1.89 bits per heavy atom. The molecule has 0 aliphatic carbocycles. The summed E-state index contributed by atoms with van der Waals surface area (Å²) in [6, 6.07) is 6.88. The van der Waals surface area contributed by atoms with Crippen molar-refractivity contribution < 1.29 is 22.7 Å². The average Bonchev–Trinajstić information content (AvgIpc) is 2.99. The SMILES string of the molecule is COC(=O)c1cc(S(=O)(=O)NCCC(=O)Nc2ccc(C)cc2C)cn1C. The van der Waals surface area contributed by atoms with Crippen LogP contribution in [0.5, 0.6) is 0 Å². The second kappa shape index (κ2) is 8.36. The van der Waals surface area contributed by atoms with Crippen LogP contribution in [0.3, 0.4) is 0 Å². The predicted octanol–water partition coefficient (Wildman–Crippen LogP) is 1.74. The smallest absolute Gasteiger partial charge is 0.354 e. The fraction of sp³-hybridized carbons (Fsp3) is 0.333. The first kappa shape index (κ1) is 20.7. The van der Waals surface area contributed by atoms with E-state index >= 15 is 0 Å². The van der Waals surface area contributed by atoms with Gasteiger partial charge in [0.25, 0.3) is 0 Å². The highest BCUT2D eigenvalue weighted by molar-refractivity contribution is 7.89. The van der Waals surface area contributed by atoms with Gasteiger partial charge in [-0.05, 0) is 31.5 Å². The van der Waals surface area contributed by atoms with Crippen molar-refractivity contribution in [2.45, 2.75) is 25.2 Å². The lowest BCUT2D eigenvalue weighted by atomic mass is 10.1. The van der Waals surface area contributed by atoms with E-state index in [1.54, 1.807) is 7.05 Å². The quantitative estimate of drug-likeness (QED) is 0.697. The minimum Gasteiger partial charge on any atom is -0.464 e. The topological polar surface area (TPSA) is 106 Å². The standard InChI is InChI=1S/C18H23N3O5S/c1-12-5-6-15(13(2)9-12)20-17(22)7-8-19-27(24,25)14-10-16(18(23)26-4)21(3)11-14/h5-6,9-11,19H,7-8H2,1-4H3,(H,20,22). The lowest BCUT2D eigenvalue weighted by molar-refractivity contribution is -0.116. The summed E-state index contributed by atoms with van der Waals surface area (Å²) in [6.45, 7) is 3.78. The number of benzene rings is 1. The van der Waals surface area contributed by atoms with E-state index in [0.717, 1.165) is 11.1 Å². The first-order chi connectivity index (χ1) is 12.6. The van der Waals surface area contributed by atoms with Crippen LogP contribution in [0.15, 0.2) is 35.4 Å². The van der Waals surface area contributed by atoms with E-state index in [0.29, 0.717) is 5.69 Å². The van der Waals surface area contributed by atoms with E-state index < -0.39 is 16.0 Å². The fourth-order valence-corrected chi connectivity index (χ4v) is 3.64. The number of carbonyl (C=O) groups excluding carboxylic acids is 2. The van der Waals surface area contributed by atoms with Crippen LogP contribution in [0.25, 0.3) is 0 Å². The van der Waals surface area contributed by atoms with Crippen molar-refractivity contribution in [3.8, 4) is 0 Å². The summed E-state index contributed by atoms with van der Waals surface area (Å²) in [5, 5.41) is 2.76. The van der Waals surface area contributed by atoms with Gasteiger partial charge in [0.15, 0.2) is 0 Å². The summed E-state index contributed by atoms with van der Waals surface area (Å²) < 4.78 is 33.0. The van der Waals surface area contributed by atoms with Gasteiger partial charge in [-0.3, -0.25) is 4.79 Å². The van der Waals surface area contributed by atoms with Gasteiger partial charge in [0.05, 0.1) is 7.11 Å². The number of sulfonamides is 1. The molecule has 0 radical (unpaired) electrons. The number of esters is 1. The maximum absolute atomic E-state index is 12.3. The predicted molar refractivity (Wildman–Crippen MR) is 101 cm³/mol. The molecule has 1 heterocycles. The van der Waals surface area contributed by atoms with Crippen LogP contribution in [0.4, 0.5) is 5.69 Å². The van der Waals surface area contributed by atoms with Gasteiger partial charge >= 0.3 is 5.97 Å². The molecular weight excluding hydrogens is 370 g/mol. The summed E-state index contributed by atoms with van der Waals surface area (Å²) >= 11 is 0. The van der Waals surface area contributed by atoms with E-state index in [1.165, 1.54) is 23.9 Å². The van der Waals surface area contributed by atoms with Crippen molar-refractivity contribution in [2.24, 2.45) is 7.05 Å².